The van der Waals surface area contributed by atoms with Gasteiger partial charge in [-0.05, 0) is 28.5 Å². The van der Waals surface area contributed by atoms with Crippen molar-refractivity contribution in [2.75, 3.05) is 0 Å². The lowest BCUT2D eigenvalue weighted by atomic mass is 9.92. The predicted octanol–water partition coefficient (Wildman–Crippen LogP) is 4.89. The van der Waals surface area contributed by atoms with E-state index in [4.69, 9.17) is 0 Å². The van der Waals surface area contributed by atoms with Crippen molar-refractivity contribution < 1.29 is 4.79 Å². The fraction of sp³-hybridized carbons (Fsp3) is 0.118. The van der Waals surface area contributed by atoms with Gasteiger partial charge in [0, 0.05) is 16.2 Å². The van der Waals surface area contributed by atoms with Crippen LogP contribution in [-0.4, -0.2) is 5.78 Å². The number of Topliss-reactive ketones (excluding diaryl/α,β-unsaturated/α-hetero) is 1. The molecule has 0 amide bonds. The Labute approximate surface area is 116 Å². The van der Waals surface area contributed by atoms with Gasteiger partial charge in [-0.1, -0.05) is 49.4 Å². The lowest BCUT2D eigenvalue weighted by Crippen LogP contribution is -2.09. The van der Waals surface area contributed by atoms with E-state index in [1.807, 2.05) is 54.8 Å². The molecule has 1 nitrogen and oxygen atoms in total. The quantitative estimate of drug-likeness (QED) is 0.617. The largest absolute Gasteiger partial charge is 0.293 e. The third-order valence-corrected chi connectivity index (χ3v) is 4.40. The van der Waals surface area contributed by atoms with Gasteiger partial charge < -0.3 is 0 Å². The number of hydrogen-bond acceptors (Lipinski definition) is 2. The molecule has 3 aromatic rings. The highest BCUT2D eigenvalue weighted by Gasteiger charge is 2.19. The Morgan fingerprint density at radius 3 is 2.58 bits per heavy atom. The van der Waals surface area contributed by atoms with E-state index in [0.717, 1.165) is 21.2 Å². The van der Waals surface area contributed by atoms with E-state index in [0.29, 0.717) is 0 Å². The zero-order valence-electron chi connectivity index (χ0n) is 10.7. The molecule has 0 fully saturated rings. The summed E-state index contributed by atoms with van der Waals surface area (Å²) >= 11 is 1.63. The number of carbonyl (C=O) groups excluding carboxylic acids is 1. The van der Waals surface area contributed by atoms with Crippen molar-refractivity contribution in [2.45, 2.75) is 12.8 Å². The van der Waals surface area contributed by atoms with Gasteiger partial charge in [0.25, 0.3) is 0 Å². The second-order valence-corrected chi connectivity index (χ2v) is 5.56. The molecule has 0 aliphatic rings. The summed E-state index contributed by atoms with van der Waals surface area (Å²) in [4.78, 5) is 12.7. The van der Waals surface area contributed by atoms with Gasteiger partial charge in [-0.2, -0.15) is 0 Å². The van der Waals surface area contributed by atoms with Crippen molar-refractivity contribution in [3.63, 3.8) is 0 Å². The lowest BCUT2D eigenvalue weighted by Gasteiger charge is -2.11. The molecule has 1 unspecified atom stereocenters. The van der Waals surface area contributed by atoms with Crippen LogP contribution in [0.1, 0.15) is 28.8 Å². The lowest BCUT2D eigenvalue weighted by molar-refractivity contribution is 0.0968. The van der Waals surface area contributed by atoms with Crippen LogP contribution in [-0.2, 0) is 0 Å². The van der Waals surface area contributed by atoms with E-state index in [1.165, 1.54) is 0 Å². The van der Waals surface area contributed by atoms with E-state index >= 15 is 0 Å². The second kappa shape index (κ2) is 4.98. The van der Waals surface area contributed by atoms with Gasteiger partial charge in [0.05, 0.1) is 0 Å². The fourth-order valence-electron chi connectivity index (χ4n) is 2.31. The van der Waals surface area contributed by atoms with E-state index in [1.54, 1.807) is 11.3 Å². The van der Waals surface area contributed by atoms with E-state index in [2.05, 4.69) is 12.1 Å². The molecule has 1 atom stereocenters. The molecular weight excluding hydrogens is 252 g/mol. The molecule has 0 aliphatic carbocycles. The highest BCUT2D eigenvalue weighted by atomic mass is 32.1. The zero-order chi connectivity index (χ0) is 13.2. The predicted molar refractivity (Wildman–Crippen MR) is 81.0 cm³/mol. The maximum absolute atomic E-state index is 12.7. The van der Waals surface area contributed by atoms with Gasteiger partial charge in [-0.3, -0.25) is 4.79 Å². The average molecular weight is 266 g/mol. The van der Waals surface area contributed by atoms with Crippen LogP contribution in [0.5, 0.6) is 0 Å². The summed E-state index contributed by atoms with van der Waals surface area (Å²) in [6.07, 6.45) is 0. The highest BCUT2D eigenvalue weighted by Crippen LogP contribution is 2.29. The van der Waals surface area contributed by atoms with Crippen molar-refractivity contribution in [1.82, 2.24) is 0 Å². The van der Waals surface area contributed by atoms with Crippen molar-refractivity contribution in [1.29, 1.82) is 0 Å². The van der Waals surface area contributed by atoms with Gasteiger partial charge in [-0.15, -0.1) is 11.3 Å². The van der Waals surface area contributed by atoms with Gasteiger partial charge in [0.2, 0.25) is 0 Å². The van der Waals surface area contributed by atoms with Crippen molar-refractivity contribution in [3.05, 3.63) is 71.1 Å². The number of ketones is 1. The van der Waals surface area contributed by atoms with Gasteiger partial charge in [-0.25, -0.2) is 0 Å². The maximum atomic E-state index is 12.7. The molecule has 0 aliphatic heterocycles. The number of fused-ring (bicyclic) bond motifs is 1. The van der Waals surface area contributed by atoms with Crippen LogP contribution in [0.4, 0.5) is 0 Å². The Hall–Kier alpha value is -1.93. The van der Waals surface area contributed by atoms with Crippen LogP contribution in [0, 0.1) is 0 Å². The zero-order valence-corrected chi connectivity index (χ0v) is 11.5. The third kappa shape index (κ3) is 2.20. The van der Waals surface area contributed by atoms with Crippen molar-refractivity contribution >= 4 is 27.2 Å². The van der Waals surface area contributed by atoms with Crippen LogP contribution in [0.2, 0.25) is 0 Å². The first-order valence-corrected chi connectivity index (χ1v) is 7.21. The van der Waals surface area contributed by atoms with Crippen LogP contribution in [0.25, 0.3) is 10.1 Å². The molecule has 0 saturated carbocycles. The van der Waals surface area contributed by atoms with Crippen LogP contribution in [0.15, 0.2) is 60.0 Å². The number of thiophene rings is 1. The minimum absolute atomic E-state index is 0.103. The first kappa shape index (κ1) is 12.1. The van der Waals surface area contributed by atoms with Gasteiger partial charge in [0.15, 0.2) is 5.78 Å². The molecule has 19 heavy (non-hydrogen) atoms. The van der Waals surface area contributed by atoms with Crippen molar-refractivity contribution in [2.24, 2.45) is 0 Å². The number of carbonyl (C=O) groups is 1. The summed E-state index contributed by atoms with van der Waals surface area (Å²) in [6.45, 7) is 1.98. The Morgan fingerprint density at radius 1 is 1.00 bits per heavy atom. The van der Waals surface area contributed by atoms with Crippen LogP contribution in [0.3, 0.4) is 0 Å². The summed E-state index contributed by atoms with van der Waals surface area (Å²) in [5, 5.41) is 3.19. The Morgan fingerprint density at radius 2 is 1.79 bits per heavy atom. The van der Waals surface area contributed by atoms with E-state index < -0.39 is 0 Å². The van der Waals surface area contributed by atoms with Crippen molar-refractivity contribution in [3.8, 4) is 0 Å². The van der Waals surface area contributed by atoms with Crippen LogP contribution < -0.4 is 0 Å². The first-order chi connectivity index (χ1) is 9.27. The monoisotopic (exact) mass is 266 g/mol. The van der Waals surface area contributed by atoms with Gasteiger partial charge >= 0.3 is 0 Å². The second-order valence-electron chi connectivity index (χ2n) is 4.64. The summed E-state index contributed by atoms with van der Waals surface area (Å²) in [5.74, 6) is 0.0909. The van der Waals surface area contributed by atoms with E-state index in [9.17, 15) is 4.79 Å². The minimum atomic E-state index is -0.103. The molecule has 1 heterocycles. The number of rotatable bonds is 3. The standard InChI is InChI=1S/C17H14OS/c1-12(13-6-3-2-4-7-13)16(18)15-9-5-8-14-10-11-19-17(14)15/h2-12H,1H3. The molecular formula is C17H14OS. The third-order valence-electron chi connectivity index (χ3n) is 3.44. The molecule has 3 rings (SSSR count). The number of hydrogen-bond donors (Lipinski definition) is 0. The Bertz CT molecular complexity index is 712. The summed E-state index contributed by atoms with van der Waals surface area (Å²) in [5.41, 5.74) is 1.91. The molecule has 0 saturated heterocycles. The minimum Gasteiger partial charge on any atom is -0.293 e. The molecule has 0 spiro atoms. The van der Waals surface area contributed by atoms with Gasteiger partial charge in [0.1, 0.15) is 0 Å². The SMILES string of the molecule is CC(C(=O)c1cccc2ccsc12)c1ccccc1. The highest BCUT2D eigenvalue weighted by molar-refractivity contribution is 7.17. The normalized spacial score (nSPS) is 12.5. The van der Waals surface area contributed by atoms with E-state index in [-0.39, 0.29) is 11.7 Å². The molecule has 0 N–H and O–H groups in total. The van der Waals surface area contributed by atoms with Crippen LogP contribution >= 0.6 is 11.3 Å². The molecule has 2 heteroatoms. The molecule has 1 aromatic heterocycles. The smallest absolute Gasteiger partial charge is 0.171 e. The summed E-state index contributed by atoms with van der Waals surface area (Å²) in [6, 6.07) is 17.9. The molecule has 2 aromatic carbocycles. The Balaban J connectivity index is 2.02. The fourth-order valence-corrected chi connectivity index (χ4v) is 3.23. The average Bonchev–Trinajstić information content (AvgIpc) is 2.95. The Kier molecular flexibility index (Phi) is 3.18. The maximum Gasteiger partial charge on any atom is 0.171 e. The first-order valence-electron chi connectivity index (χ1n) is 6.33. The molecule has 0 radical (unpaired) electrons. The molecule has 94 valence electrons. The number of benzene rings is 2. The summed E-state index contributed by atoms with van der Waals surface area (Å²) < 4.78 is 1.09. The summed E-state index contributed by atoms with van der Waals surface area (Å²) in [7, 11) is 0. The molecule has 0 bridgehead atoms. The topological polar surface area (TPSA) is 17.1 Å².